The molecule has 4 saturated heterocycles. The second-order valence-electron chi connectivity index (χ2n) is 12.4. The molecule has 2 aromatic carbocycles. The van der Waals surface area contributed by atoms with Crippen molar-refractivity contribution in [1.82, 2.24) is 25.2 Å². The van der Waals surface area contributed by atoms with Gasteiger partial charge in [0.2, 0.25) is 0 Å². The molecule has 4 aliphatic rings. The van der Waals surface area contributed by atoms with Gasteiger partial charge in [0, 0.05) is 40.7 Å². The Hall–Kier alpha value is -2.93. The van der Waals surface area contributed by atoms with Crippen LogP contribution in [0.3, 0.4) is 0 Å². The van der Waals surface area contributed by atoms with Crippen LogP contribution < -0.4 is 20.7 Å². The van der Waals surface area contributed by atoms with Crippen molar-refractivity contribution < 1.29 is 17.9 Å². The van der Waals surface area contributed by atoms with E-state index in [-0.39, 0.29) is 29.3 Å². The Morgan fingerprint density at radius 3 is 2.72 bits per heavy atom. The van der Waals surface area contributed by atoms with Crippen molar-refractivity contribution in [2.45, 2.75) is 62.1 Å². The highest BCUT2D eigenvalue weighted by molar-refractivity contribution is 7.22. The van der Waals surface area contributed by atoms with Crippen LogP contribution in [0.4, 0.5) is 24.1 Å². The van der Waals surface area contributed by atoms with Gasteiger partial charge in [0.15, 0.2) is 5.13 Å². The SMILES string of the molecule is Nc1nc2c(-c3cc4nc(OCC56CCCN5CCC6)nc(N5CC6CCC(C(F)F)(C5)N6)c4cc3Cl)ccc(F)c2s1. The van der Waals surface area contributed by atoms with Crippen molar-refractivity contribution in [3.8, 4) is 17.1 Å². The molecule has 0 aliphatic carbocycles. The highest BCUT2D eigenvalue weighted by Crippen LogP contribution is 2.43. The zero-order chi connectivity index (χ0) is 29.5. The van der Waals surface area contributed by atoms with Gasteiger partial charge in [0.05, 0.1) is 26.8 Å². The zero-order valence-corrected chi connectivity index (χ0v) is 25.0. The number of halogens is 4. The number of nitrogens with zero attached hydrogens (tertiary/aromatic N) is 5. The van der Waals surface area contributed by atoms with E-state index < -0.39 is 17.8 Å². The van der Waals surface area contributed by atoms with Crippen LogP contribution >= 0.6 is 22.9 Å². The van der Waals surface area contributed by atoms with Gasteiger partial charge in [-0.15, -0.1) is 0 Å². The van der Waals surface area contributed by atoms with E-state index in [1.807, 2.05) is 11.0 Å². The molecule has 2 atom stereocenters. The van der Waals surface area contributed by atoms with Crippen LogP contribution in [0.15, 0.2) is 24.3 Å². The van der Waals surface area contributed by atoms with E-state index in [0.29, 0.717) is 69.1 Å². The third-order valence-corrected chi connectivity index (χ3v) is 11.1. The molecule has 4 fully saturated rings. The van der Waals surface area contributed by atoms with E-state index in [9.17, 15) is 13.2 Å². The predicted molar refractivity (Wildman–Crippen MR) is 163 cm³/mol. The highest BCUT2D eigenvalue weighted by atomic mass is 35.5. The third-order valence-electron chi connectivity index (χ3n) is 9.89. The molecule has 2 unspecified atom stereocenters. The number of nitrogen functional groups attached to an aromatic ring is 1. The number of hydrogen-bond acceptors (Lipinski definition) is 9. The van der Waals surface area contributed by atoms with Crippen LogP contribution in [0.1, 0.15) is 38.5 Å². The van der Waals surface area contributed by atoms with Gasteiger partial charge in [-0.25, -0.2) is 18.2 Å². The largest absolute Gasteiger partial charge is 0.461 e. The number of nitrogens with one attached hydrogen (secondary N) is 1. The molecule has 4 aliphatic heterocycles. The second-order valence-corrected chi connectivity index (χ2v) is 13.9. The molecule has 4 aromatic rings. The van der Waals surface area contributed by atoms with Gasteiger partial charge in [-0.05, 0) is 75.9 Å². The number of hydrogen-bond donors (Lipinski definition) is 2. The van der Waals surface area contributed by atoms with Gasteiger partial charge in [0.1, 0.15) is 18.2 Å². The highest BCUT2D eigenvalue weighted by Gasteiger charge is 2.51. The number of alkyl halides is 2. The van der Waals surface area contributed by atoms with Crippen LogP contribution in [0.25, 0.3) is 32.2 Å². The standard InChI is InChI=1S/C30H31ClF3N7OS/c31-20-11-19-22(12-18(20)17-3-4-21(32)24-23(17)37-27(35)43-24)36-28(42-15-29-6-1-9-41(29)10-2-7-29)38-25(19)40-13-16-5-8-30(14-40,39-16)26(33)34/h3-4,11-12,16,26,39H,1-2,5-10,13-15H2,(H2,35,37). The number of nitrogens with two attached hydrogens (primary N) is 1. The molecule has 6 heterocycles. The summed E-state index contributed by atoms with van der Waals surface area (Å²) in [6.45, 7) is 3.26. The summed E-state index contributed by atoms with van der Waals surface area (Å²) < 4.78 is 50.0. The number of piperazine rings is 1. The first kappa shape index (κ1) is 27.6. The van der Waals surface area contributed by atoms with Crippen molar-refractivity contribution in [1.29, 1.82) is 0 Å². The Bertz CT molecular complexity index is 1740. The fraction of sp³-hybridized carbons (Fsp3) is 0.500. The summed E-state index contributed by atoms with van der Waals surface area (Å²) >= 11 is 7.98. The molecule has 0 amide bonds. The molecule has 2 bridgehead atoms. The molecule has 0 saturated carbocycles. The van der Waals surface area contributed by atoms with Gasteiger partial charge in [-0.2, -0.15) is 9.97 Å². The summed E-state index contributed by atoms with van der Waals surface area (Å²) in [5.74, 6) is 0.125. The Morgan fingerprint density at radius 2 is 1.93 bits per heavy atom. The molecule has 43 heavy (non-hydrogen) atoms. The Labute approximate surface area is 255 Å². The van der Waals surface area contributed by atoms with Crippen LogP contribution in [0.2, 0.25) is 5.02 Å². The van der Waals surface area contributed by atoms with Gasteiger partial charge in [-0.3, -0.25) is 4.90 Å². The number of thiazole rings is 1. The summed E-state index contributed by atoms with van der Waals surface area (Å²) in [6, 6.07) is 6.75. The Kier molecular flexibility index (Phi) is 6.45. The maximum absolute atomic E-state index is 14.6. The lowest BCUT2D eigenvalue weighted by molar-refractivity contribution is 0.0367. The molecular formula is C30H31ClF3N7OS. The molecule has 226 valence electrons. The van der Waals surface area contributed by atoms with Gasteiger partial charge in [0.25, 0.3) is 6.43 Å². The van der Waals surface area contributed by atoms with E-state index >= 15 is 0 Å². The minimum atomic E-state index is -2.51. The van der Waals surface area contributed by atoms with Crippen molar-refractivity contribution in [2.75, 3.05) is 43.4 Å². The zero-order valence-electron chi connectivity index (χ0n) is 23.4. The molecule has 2 aromatic heterocycles. The average Bonchev–Trinajstić information content (AvgIpc) is 3.74. The van der Waals surface area contributed by atoms with E-state index in [1.165, 1.54) is 6.07 Å². The first-order chi connectivity index (χ1) is 20.7. The van der Waals surface area contributed by atoms with Gasteiger partial charge >= 0.3 is 6.01 Å². The lowest BCUT2D eigenvalue weighted by atomic mass is 9.95. The first-order valence-corrected chi connectivity index (χ1v) is 16.0. The second kappa shape index (κ2) is 10.0. The first-order valence-electron chi connectivity index (χ1n) is 14.8. The maximum Gasteiger partial charge on any atom is 0.319 e. The van der Waals surface area contributed by atoms with Crippen molar-refractivity contribution >= 4 is 55.0 Å². The predicted octanol–water partition coefficient (Wildman–Crippen LogP) is 5.86. The average molecular weight is 630 g/mol. The lowest BCUT2D eigenvalue weighted by Gasteiger charge is -2.41. The number of ether oxygens (including phenoxy) is 1. The van der Waals surface area contributed by atoms with Crippen molar-refractivity contribution in [2.24, 2.45) is 0 Å². The summed E-state index contributed by atoms with van der Waals surface area (Å²) in [7, 11) is 0. The molecular weight excluding hydrogens is 599 g/mol. The minimum absolute atomic E-state index is 0.0121. The topological polar surface area (TPSA) is 92.4 Å². The van der Waals surface area contributed by atoms with E-state index in [2.05, 4.69) is 15.2 Å². The smallest absolute Gasteiger partial charge is 0.319 e. The molecule has 13 heteroatoms. The van der Waals surface area contributed by atoms with E-state index in [4.69, 9.17) is 32.0 Å². The van der Waals surface area contributed by atoms with Gasteiger partial charge < -0.3 is 20.7 Å². The third kappa shape index (κ3) is 4.43. The lowest BCUT2D eigenvalue weighted by Crippen LogP contribution is -2.63. The monoisotopic (exact) mass is 629 g/mol. The molecule has 0 radical (unpaired) electrons. The minimum Gasteiger partial charge on any atom is -0.461 e. The molecule has 3 N–H and O–H groups in total. The summed E-state index contributed by atoms with van der Waals surface area (Å²) in [5, 5.41) is 4.46. The summed E-state index contributed by atoms with van der Waals surface area (Å²) in [6.07, 6.45) is 2.98. The van der Waals surface area contributed by atoms with Crippen molar-refractivity contribution in [3.05, 3.63) is 35.1 Å². The van der Waals surface area contributed by atoms with Crippen LogP contribution in [0.5, 0.6) is 6.01 Å². The van der Waals surface area contributed by atoms with Crippen LogP contribution in [-0.2, 0) is 0 Å². The van der Waals surface area contributed by atoms with Crippen molar-refractivity contribution in [3.63, 3.8) is 0 Å². The molecule has 8 rings (SSSR count). The van der Waals surface area contributed by atoms with E-state index in [1.54, 1.807) is 12.1 Å². The van der Waals surface area contributed by atoms with Crippen LogP contribution in [0, 0.1) is 5.82 Å². The Balaban J connectivity index is 1.25. The number of benzene rings is 2. The summed E-state index contributed by atoms with van der Waals surface area (Å²) in [4.78, 5) is 18.5. The quantitative estimate of drug-likeness (QED) is 0.274. The number of aromatic nitrogens is 3. The Morgan fingerprint density at radius 1 is 1.12 bits per heavy atom. The van der Waals surface area contributed by atoms with E-state index in [0.717, 1.165) is 50.1 Å². The maximum atomic E-state index is 14.6. The van der Waals surface area contributed by atoms with Crippen LogP contribution in [-0.4, -0.2) is 76.2 Å². The molecule has 0 spiro atoms. The normalized spacial score (nSPS) is 25.0. The molecule has 8 nitrogen and oxygen atoms in total. The number of fused-ring (bicyclic) bond motifs is 5. The fourth-order valence-corrected chi connectivity index (χ4v) is 8.84. The number of anilines is 2. The van der Waals surface area contributed by atoms with Gasteiger partial charge in [-0.1, -0.05) is 22.9 Å². The fourth-order valence-electron chi connectivity index (χ4n) is 7.81. The number of rotatable bonds is 6. The summed E-state index contributed by atoms with van der Waals surface area (Å²) in [5.41, 5.74) is 6.86.